The lowest BCUT2D eigenvalue weighted by Crippen LogP contribution is -2.29. The van der Waals surface area contributed by atoms with E-state index in [1.807, 2.05) is 13.0 Å². The Bertz CT molecular complexity index is 1080. The normalized spacial score (nSPS) is 20.1. The SMILES string of the molecule is C[C@@H](C(=O)Nc1ccc(Cl)c(Cl)c1)C1CCC(c2ccnc3ccc(F)cc23)CC1. The topological polar surface area (TPSA) is 42.0 Å². The molecule has 3 nitrogen and oxygen atoms in total. The molecule has 0 saturated heterocycles. The minimum absolute atomic E-state index is 0.00623. The van der Waals surface area contributed by atoms with E-state index in [2.05, 4.69) is 10.3 Å². The molecule has 1 N–H and O–H groups in total. The van der Waals surface area contributed by atoms with Gasteiger partial charge in [0, 0.05) is 23.2 Å². The minimum Gasteiger partial charge on any atom is -0.326 e. The number of carbonyl (C=O) groups excluding carboxylic acids is 1. The second-order valence-electron chi connectivity index (χ2n) is 8.08. The molecule has 6 heteroatoms. The highest BCUT2D eigenvalue weighted by Gasteiger charge is 2.30. The van der Waals surface area contributed by atoms with Crippen LogP contribution in [0.15, 0.2) is 48.7 Å². The molecule has 156 valence electrons. The molecule has 1 fully saturated rings. The van der Waals surface area contributed by atoms with Crippen molar-refractivity contribution in [1.29, 1.82) is 0 Å². The number of anilines is 1. The number of aromatic nitrogens is 1. The summed E-state index contributed by atoms with van der Waals surface area (Å²) in [5.74, 6) is 0.325. The van der Waals surface area contributed by atoms with Gasteiger partial charge in [0.25, 0.3) is 0 Å². The van der Waals surface area contributed by atoms with Crippen LogP contribution in [0.3, 0.4) is 0 Å². The third kappa shape index (κ3) is 4.45. The fourth-order valence-corrected chi connectivity index (χ4v) is 4.77. The zero-order valence-electron chi connectivity index (χ0n) is 16.7. The average Bonchev–Trinajstić information content (AvgIpc) is 2.75. The second-order valence-corrected chi connectivity index (χ2v) is 8.89. The second kappa shape index (κ2) is 8.91. The monoisotopic (exact) mass is 444 g/mol. The quantitative estimate of drug-likeness (QED) is 0.460. The van der Waals surface area contributed by atoms with Crippen LogP contribution in [-0.4, -0.2) is 10.9 Å². The van der Waals surface area contributed by atoms with E-state index in [-0.39, 0.29) is 17.6 Å². The zero-order chi connectivity index (χ0) is 21.3. The summed E-state index contributed by atoms with van der Waals surface area (Å²) in [5, 5.41) is 4.73. The molecule has 1 aliphatic carbocycles. The van der Waals surface area contributed by atoms with Gasteiger partial charge in [-0.15, -0.1) is 0 Å². The van der Waals surface area contributed by atoms with E-state index in [1.54, 1.807) is 36.5 Å². The van der Waals surface area contributed by atoms with Gasteiger partial charge in [-0.05, 0) is 85.5 Å². The highest BCUT2D eigenvalue weighted by atomic mass is 35.5. The molecular formula is C24H23Cl2FN2O. The van der Waals surface area contributed by atoms with Crippen LogP contribution in [0.25, 0.3) is 10.9 Å². The van der Waals surface area contributed by atoms with E-state index in [4.69, 9.17) is 23.2 Å². The summed E-state index contributed by atoms with van der Waals surface area (Å²) < 4.78 is 13.8. The molecule has 0 unspecified atom stereocenters. The van der Waals surface area contributed by atoms with Gasteiger partial charge < -0.3 is 5.32 Å². The van der Waals surface area contributed by atoms with Crippen molar-refractivity contribution in [2.75, 3.05) is 5.32 Å². The number of fused-ring (bicyclic) bond motifs is 1. The van der Waals surface area contributed by atoms with Crippen LogP contribution in [0.2, 0.25) is 10.0 Å². The Morgan fingerprint density at radius 3 is 2.57 bits per heavy atom. The van der Waals surface area contributed by atoms with Gasteiger partial charge in [-0.2, -0.15) is 0 Å². The summed E-state index contributed by atoms with van der Waals surface area (Å²) in [6.07, 6.45) is 5.67. The first-order chi connectivity index (χ1) is 14.4. The number of amides is 1. The highest BCUT2D eigenvalue weighted by molar-refractivity contribution is 6.42. The summed E-state index contributed by atoms with van der Waals surface area (Å²) in [4.78, 5) is 17.1. The molecule has 0 aliphatic heterocycles. The zero-order valence-corrected chi connectivity index (χ0v) is 18.2. The van der Waals surface area contributed by atoms with Crippen molar-refractivity contribution in [2.24, 2.45) is 11.8 Å². The number of nitrogens with one attached hydrogen (secondary N) is 1. The van der Waals surface area contributed by atoms with Gasteiger partial charge in [0.2, 0.25) is 5.91 Å². The Labute approximate surface area is 185 Å². The van der Waals surface area contributed by atoms with Crippen molar-refractivity contribution in [3.05, 3.63) is 70.1 Å². The number of halogens is 3. The summed E-state index contributed by atoms with van der Waals surface area (Å²) in [6, 6.07) is 11.9. The number of pyridine rings is 1. The van der Waals surface area contributed by atoms with Crippen LogP contribution in [0.1, 0.15) is 44.1 Å². The van der Waals surface area contributed by atoms with Gasteiger partial charge >= 0.3 is 0 Å². The lowest BCUT2D eigenvalue weighted by molar-refractivity contribution is -0.121. The number of rotatable bonds is 4. The Kier molecular flexibility index (Phi) is 6.26. The lowest BCUT2D eigenvalue weighted by atomic mass is 9.73. The molecule has 1 aliphatic rings. The summed E-state index contributed by atoms with van der Waals surface area (Å²) in [7, 11) is 0. The van der Waals surface area contributed by atoms with Gasteiger partial charge in [-0.25, -0.2) is 4.39 Å². The first-order valence-corrected chi connectivity index (χ1v) is 11.0. The van der Waals surface area contributed by atoms with Gasteiger partial charge in [-0.1, -0.05) is 30.1 Å². The van der Waals surface area contributed by atoms with Crippen LogP contribution in [0, 0.1) is 17.7 Å². The molecule has 2 aromatic carbocycles. The first kappa shape index (κ1) is 21.1. The maximum absolute atomic E-state index is 13.8. The van der Waals surface area contributed by atoms with Gasteiger partial charge in [0.05, 0.1) is 15.6 Å². The van der Waals surface area contributed by atoms with Crippen molar-refractivity contribution in [3.8, 4) is 0 Å². The number of carbonyl (C=O) groups is 1. The van der Waals surface area contributed by atoms with E-state index in [0.717, 1.165) is 42.1 Å². The molecule has 4 rings (SSSR count). The van der Waals surface area contributed by atoms with Crippen molar-refractivity contribution >= 4 is 45.7 Å². The molecule has 0 bridgehead atoms. The van der Waals surface area contributed by atoms with Crippen molar-refractivity contribution in [1.82, 2.24) is 4.98 Å². The van der Waals surface area contributed by atoms with Crippen LogP contribution in [0.4, 0.5) is 10.1 Å². The molecular weight excluding hydrogens is 422 g/mol. The third-order valence-electron chi connectivity index (χ3n) is 6.26. The molecule has 1 amide bonds. The standard InChI is InChI=1S/C24H23Cl2FN2O/c1-14(24(30)29-18-7-8-21(25)22(26)13-18)15-2-4-16(5-3-15)19-10-11-28-23-9-6-17(27)12-20(19)23/h6-16H,2-5H2,1H3,(H,29,30)/t14-,15?,16?/m1/s1. The number of hydrogen-bond donors (Lipinski definition) is 1. The van der Waals surface area contributed by atoms with Crippen LogP contribution >= 0.6 is 23.2 Å². The molecule has 1 saturated carbocycles. The number of hydrogen-bond acceptors (Lipinski definition) is 2. The molecule has 1 atom stereocenters. The summed E-state index contributed by atoms with van der Waals surface area (Å²) in [6.45, 7) is 1.98. The molecule has 30 heavy (non-hydrogen) atoms. The van der Waals surface area contributed by atoms with E-state index in [0.29, 0.717) is 27.6 Å². The molecule has 1 aromatic heterocycles. The van der Waals surface area contributed by atoms with Crippen molar-refractivity contribution in [2.45, 2.75) is 38.5 Å². The van der Waals surface area contributed by atoms with Crippen molar-refractivity contribution < 1.29 is 9.18 Å². The van der Waals surface area contributed by atoms with Gasteiger partial charge in [0.1, 0.15) is 5.82 Å². The average molecular weight is 445 g/mol. The molecule has 1 heterocycles. The maximum atomic E-state index is 13.8. The Balaban J connectivity index is 1.41. The largest absolute Gasteiger partial charge is 0.326 e. The fraction of sp³-hybridized carbons (Fsp3) is 0.333. The third-order valence-corrected chi connectivity index (χ3v) is 7.00. The number of benzene rings is 2. The first-order valence-electron chi connectivity index (χ1n) is 10.2. The minimum atomic E-state index is -0.238. The lowest BCUT2D eigenvalue weighted by Gasteiger charge is -2.32. The van der Waals surface area contributed by atoms with E-state index >= 15 is 0 Å². The van der Waals surface area contributed by atoms with Gasteiger partial charge in [-0.3, -0.25) is 9.78 Å². The van der Waals surface area contributed by atoms with Gasteiger partial charge in [0.15, 0.2) is 0 Å². The van der Waals surface area contributed by atoms with Crippen molar-refractivity contribution in [3.63, 3.8) is 0 Å². The highest BCUT2D eigenvalue weighted by Crippen LogP contribution is 2.41. The van der Waals surface area contributed by atoms with Crippen LogP contribution in [-0.2, 0) is 4.79 Å². The number of nitrogens with zero attached hydrogens (tertiary/aromatic N) is 1. The van der Waals surface area contributed by atoms with E-state index in [1.165, 1.54) is 6.07 Å². The summed E-state index contributed by atoms with van der Waals surface area (Å²) >= 11 is 12.0. The van der Waals surface area contributed by atoms with Crippen LogP contribution < -0.4 is 5.32 Å². The molecule has 3 aromatic rings. The Morgan fingerprint density at radius 2 is 1.83 bits per heavy atom. The predicted octanol–water partition coefficient (Wildman–Crippen LogP) is 7.23. The van der Waals surface area contributed by atoms with E-state index in [9.17, 15) is 9.18 Å². The molecule has 0 radical (unpaired) electrons. The van der Waals surface area contributed by atoms with E-state index < -0.39 is 0 Å². The predicted molar refractivity (Wildman–Crippen MR) is 121 cm³/mol. The fourth-order valence-electron chi connectivity index (χ4n) is 4.47. The smallest absolute Gasteiger partial charge is 0.227 e. The Hall–Kier alpha value is -2.17. The molecule has 0 spiro atoms. The van der Waals surface area contributed by atoms with Crippen LogP contribution in [0.5, 0.6) is 0 Å². The summed E-state index contributed by atoms with van der Waals surface area (Å²) in [5.41, 5.74) is 2.64. The maximum Gasteiger partial charge on any atom is 0.227 e. The Morgan fingerprint density at radius 1 is 1.07 bits per heavy atom.